The average Bonchev–Trinajstić information content (AvgIpc) is 3.13. The zero-order chi connectivity index (χ0) is 19.7. The van der Waals surface area contributed by atoms with E-state index >= 15 is 0 Å². The molecule has 0 bridgehead atoms. The number of likely N-dealkylation sites (tertiary alicyclic amines) is 1. The Hall–Kier alpha value is -2.04. The second kappa shape index (κ2) is 8.14. The number of aromatic nitrogens is 1. The third-order valence-corrected chi connectivity index (χ3v) is 6.32. The number of nitrogens with zero attached hydrogens (tertiary/aromatic N) is 1. The van der Waals surface area contributed by atoms with Gasteiger partial charge in [0.25, 0.3) is 5.56 Å². The van der Waals surface area contributed by atoms with Gasteiger partial charge in [0.15, 0.2) is 0 Å². The molecule has 4 rings (SSSR count). The van der Waals surface area contributed by atoms with E-state index in [4.69, 9.17) is 9.29 Å². The van der Waals surface area contributed by atoms with Crippen molar-refractivity contribution in [2.24, 2.45) is 5.92 Å². The maximum absolute atomic E-state index is 12.3. The highest BCUT2D eigenvalue weighted by Gasteiger charge is 2.25. The van der Waals surface area contributed by atoms with Gasteiger partial charge in [0.05, 0.1) is 7.11 Å². The molecule has 1 aliphatic heterocycles. The van der Waals surface area contributed by atoms with Gasteiger partial charge in [-0.2, -0.15) is 0 Å². The maximum Gasteiger partial charge on any atom is 0.266 e. The van der Waals surface area contributed by atoms with Gasteiger partial charge in [-0.1, -0.05) is 12.2 Å². The van der Waals surface area contributed by atoms with E-state index in [-0.39, 0.29) is 5.56 Å². The molecule has 1 unspecified atom stereocenters. The number of methoxy groups -OCH3 is 1. The highest BCUT2D eigenvalue weighted by molar-refractivity contribution is 7.77. The van der Waals surface area contributed by atoms with Gasteiger partial charge < -0.3 is 9.72 Å². The van der Waals surface area contributed by atoms with Crippen molar-refractivity contribution in [1.29, 1.82) is 0 Å². The van der Waals surface area contributed by atoms with E-state index in [1.165, 1.54) is 11.3 Å². The Morgan fingerprint density at radius 2 is 2.25 bits per heavy atom. The Kier molecular flexibility index (Phi) is 5.61. The van der Waals surface area contributed by atoms with E-state index in [9.17, 15) is 9.00 Å². The van der Waals surface area contributed by atoms with Gasteiger partial charge in [0, 0.05) is 48.0 Å². The summed E-state index contributed by atoms with van der Waals surface area (Å²) in [7, 11) is 1.65. The van der Waals surface area contributed by atoms with Gasteiger partial charge in [-0.05, 0) is 29.5 Å². The van der Waals surface area contributed by atoms with Gasteiger partial charge >= 0.3 is 0 Å². The molecule has 2 aromatic heterocycles. The normalized spacial score (nSPS) is 16.8. The molecule has 0 spiro atoms. The van der Waals surface area contributed by atoms with Crippen LogP contribution in [0, 0.1) is 5.92 Å². The molecule has 0 saturated carbocycles. The number of ether oxygens (including phenoxy) is 1. The number of fused-ring (bicyclic) bond motifs is 3. The summed E-state index contributed by atoms with van der Waals surface area (Å²) >= 11 is -0.506. The van der Waals surface area contributed by atoms with Crippen LogP contribution < -0.4 is 15.0 Å². The molecule has 3 N–H and O–H groups in total. The fourth-order valence-electron chi connectivity index (χ4n) is 3.66. The van der Waals surface area contributed by atoms with E-state index < -0.39 is 11.3 Å². The first-order valence-corrected chi connectivity index (χ1v) is 10.9. The van der Waals surface area contributed by atoms with Crippen molar-refractivity contribution in [2.75, 3.05) is 33.3 Å². The van der Waals surface area contributed by atoms with Crippen LogP contribution in [0.25, 0.3) is 27.1 Å². The predicted octanol–water partition coefficient (Wildman–Crippen LogP) is 2.42. The summed E-state index contributed by atoms with van der Waals surface area (Å²) in [5.41, 5.74) is 1.68. The average molecular weight is 420 g/mol. The molecule has 7 nitrogen and oxygen atoms in total. The molecule has 1 atom stereocenters. The number of nitrogens with one attached hydrogen (secondary N) is 2. The van der Waals surface area contributed by atoms with Crippen LogP contribution in [0.1, 0.15) is 5.56 Å². The molecule has 3 aromatic rings. The summed E-state index contributed by atoms with van der Waals surface area (Å²) in [5.74, 6) is 1.16. The summed E-state index contributed by atoms with van der Waals surface area (Å²) in [6, 6.07) is 5.73. The van der Waals surface area contributed by atoms with Crippen LogP contribution in [0.5, 0.6) is 5.75 Å². The standard InChI is InChI=1S/C19H21N3O4S2/c1-26-16-5-4-15-17(14-6-8-27-18(14)19(23)21-15)13(16)3-2-7-22-10-12(11-22)9-20-28(24)25/h2-6,8,12,20H,7,9-11H2,1H3,(H,21,23)(H,24,25)/b3-2+. The van der Waals surface area contributed by atoms with E-state index in [1.54, 1.807) is 7.11 Å². The predicted molar refractivity (Wildman–Crippen MR) is 114 cm³/mol. The number of aromatic amines is 1. The van der Waals surface area contributed by atoms with Crippen molar-refractivity contribution in [3.8, 4) is 5.75 Å². The molecular formula is C19H21N3O4S2. The van der Waals surface area contributed by atoms with Crippen LogP contribution in [0.2, 0.25) is 0 Å². The van der Waals surface area contributed by atoms with Crippen LogP contribution >= 0.6 is 11.3 Å². The largest absolute Gasteiger partial charge is 0.496 e. The molecule has 3 heterocycles. The van der Waals surface area contributed by atoms with Crippen molar-refractivity contribution in [2.45, 2.75) is 0 Å². The first-order chi connectivity index (χ1) is 13.6. The quantitative estimate of drug-likeness (QED) is 0.511. The Labute approximate surface area is 168 Å². The van der Waals surface area contributed by atoms with Crippen molar-refractivity contribution >= 4 is 49.7 Å². The van der Waals surface area contributed by atoms with Gasteiger partial charge in [-0.15, -0.1) is 11.3 Å². The minimum Gasteiger partial charge on any atom is -0.496 e. The summed E-state index contributed by atoms with van der Waals surface area (Å²) < 4.78 is 28.3. The van der Waals surface area contributed by atoms with Gasteiger partial charge in [-0.25, -0.2) is 8.93 Å². The summed E-state index contributed by atoms with van der Waals surface area (Å²) in [6.45, 7) is 3.12. The molecule has 1 aromatic carbocycles. The molecule has 1 saturated heterocycles. The van der Waals surface area contributed by atoms with Crippen molar-refractivity contribution in [1.82, 2.24) is 14.6 Å². The van der Waals surface area contributed by atoms with Gasteiger partial charge in [0.1, 0.15) is 10.4 Å². The lowest BCUT2D eigenvalue weighted by Crippen LogP contribution is -2.50. The van der Waals surface area contributed by atoms with Crippen molar-refractivity contribution < 1.29 is 13.5 Å². The molecule has 1 fully saturated rings. The molecule has 28 heavy (non-hydrogen) atoms. The Morgan fingerprint density at radius 3 is 3.00 bits per heavy atom. The lowest BCUT2D eigenvalue weighted by Gasteiger charge is -2.38. The number of hydrogen-bond acceptors (Lipinski definition) is 5. The monoisotopic (exact) mass is 419 g/mol. The first-order valence-electron chi connectivity index (χ1n) is 8.90. The molecular weight excluding hydrogens is 398 g/mol. The molecule has 0 aliphatic carbocycles. The Morgan fingerprint density at radius 1 is 1.43 bits per heavy atom. The molecule has 0 radical (unpaired) electrons. The SMILES string of the molecule is COc1ccc2[nH]c(=O)c3sccc3c2c1/C=C/CN1CC(CNS(=O)O)C1. The number of H-pyrrole nitrogens is 1. The molecule has 1 aliphatic rings. The third-order valence-electron chi connectivity index (χ3n) is 4.99. The van der Waals surface area contributed by atoms with E-state index in [0.29, 0.717) is 12.5 Å². The molecule has 9 heteroatoms. The van der Waals surface area contributed by atoms with Crippen LogP contribution in [-0.2, 0) is 11.3 Å². The van der Waals surface area contributed by atoms with Crippen LogP contribution in [0.4, 0.5) is 0 Å². The lowest BCUT2D eigenvalue weighted by molar-refractivity contribution is 0.119. The zero-order valence-electron chi connectivity index (χ0n) is 15.3. The van der Waals surface area contributed by atoms with Crippen molar-refractivity contribution in [3.05, 3.63) is 45.6 Å². The van der Waals surface area contributed by atoms with Crippen LogP contribution in [-0.4, -0.2) is 51.9 Å². The Balaban J connectivity index is 1.56. The number of rotatable bonds is 7. The van der Waals surface area contributed by atoms with E-state index in [0.717, 1.165) is 51.9 Å². The first kappa shape index (κ1) is 19.3. The maximum atomic E-state index is 12.3. The summed E-state index contributed by atoms with van der Waals surface area (Å²) in [6.07, 6.45) is 4.14. The highest BCUT2D eigenvalue weighted by Crippen LogP contribution is 2.34. The van der Waals surface area contributed by atoms with Gasteiger partial charge in [0.2, 0.25) is 11.3 Å². The number of thiophene rings is 1. The summed E-state index contributed by atoms with van der Waals surface area (Å²) in [4.78, 5) is 17.5. The molecule has 0 amide bonds. The topological polar surface area (TPSA) is 94.7 Å². The fourth-order valence-corrected chi connectivity index (χ4v) is 4.84. The van der Waals surface area contributed by atoms with Gasteiger partial charge in [-0.3, -0.25) is 14.2 Å². The minimum absolute atomic E-state index is 0.0679. The lowest BCUT2D eigenvalue weighted by atomic mass is 10.0. The minimum atomic E-state index is -1.94. The van der Waals surface area contributed by atoms with Crippen LogP contribution in [0.3, 0.4) is 0 Å². The third kappa shape index (κ3) is 3.76. The van der Waals surface area contributed by atoms with Crippen molar-refractivity contribution in [3.63, 3.8) is 0 Å². The highest BCUT2D eigenvalue weighted by atomic mass is 32.2. The zero-order valence-corrected chi connectivity index (χ0v) is 16.9. The second-order valence-corrected chi connectivity index (χ2v) is 8.51. The molecule has 148 valence electrons. The van der Waals surface area contributed by atoms with E-state index in [1.807, 2.05) is 29.7 Å². The van der Waals surface area contributed by atoms with E-state index in [2.05, 4.69) is 20.7 Å². The second-order valence-electron chi connectivity index (χ2n) is 6.81. The fraction of sp³-hybridized carbons (Fsp3) is 0.316. The Bertz CT molecular complexity index is 1120. The van der Waals surface area contributed by atoms with Crippen LogP contribution in [0.15, 0.2) is 34.4 Å². The number of benzene rings is 1. The number of hydrogen-bond donors (Lipinski definition) is 3. The smallest absolute Gasteiger partial charge is 0.266 e. The number of pyridine rings is 1. The summed E-state index contributed by atoms with van der Waals surface area (Å²) in [5, 5.41) is 3.86.